The molecule has 18 heavy (non-hydrogen) atoms. The smallest absolute Gasteiger partial charge is 0.304 e. The van der Waals surface area contributed by atoms with Crippen LogP contribution in [0.1, 0.15) is 23.7 Å². The first-order chi connectivity index (χ1) is 8.70. The molecule has 0 amide bonds. The summed E-state index contributed by atoms with van der Waals surface area (Å²) in [7, 11) is 1.56. The summed E-state index contributed by atoms with van der Waals surface area (Å²) in [5.74, 6) is -0.360. The van der Waals surface area contributed by atoms with Gasteiger partial charge in [-0.15, -0.1) is 10.2 Å². The van der Waals surface area contributed by atoms with E-state index in [1.807, 2.05) is 6.07 Å². The van der Waals surface area contributed by atoms with Crippen molar-refractivity contribution in [2.24, 2.45) is 0 Å². The summed E-state index contributed by atoms with van der Waals surface area (Å²) in [5.41, 5.74) is 0.776. The number of methoxy groups -OCH3 is 1. The van der Waals surface area contributed by atoms with Crippen LogP contribution in [0, 0.1) is 0 Å². The van der Waals surface area contributed by atoms with Gasteiger partial charge < -0.3 is 9.84 Å². The minimum atomic E-state index is -0.924. The number of nitrogens with zero attached hydrogens (tertiary/aromatic N) is 3. The van der Waals surface area contributed by atoms with Crippen LogP contribution in [-0.4, -0.2) is 38.8 Å². The van der Waals surface area contributed by atoms with Gasteiger partial charge in [-0.25, -0.2) is 0 Å². The number of H-pyrrole nitrogens is 1. The number of aromatic nitrogens is 4. The van der Waals surface area contributed by atoms with E-state index in [1.54, 1.807) is 25.3 Å². The van der Waals surface area contributed by atoms with Gasteiger partial charge in [0.05, 0.1) is 19.4 Å². The molecule has 0 aliphatic carbocycles. The Hall–Kier alpha value is -2.44. The van der Waals surface area contributed by atoms with E-state index in [0.29, 0.717) is 11.6 Å². The Morgan fingerprint density at radius 2 is 2.39 bits per heavy atom. The second-order valence-corrected chi connectivity index (χ2v) is 3.70. The van der Waals surface area contributed by atoms with E-state index >= 15 is 0 Å². The summed E-state index contributed by atoms with van der Waals surface area (Å²) < 4.78 is 5.12. The number of benzene rings is 1. The van der Waals surface area contributed by atoms with Crippen molar-refractivity contribution < 1.29 is 14.6 Å². The number of carboxylic acids is 1. The lowest BCUT2D eigenvalue weighted by molar-refractivity contribution is -0.137. The summed E-state index contributed by atoms with van der Waals surface area (Å²) in [5, 5.41) is 22.4. The Labute approximate surface area is 103 Å². The Morgan fingerprint density at radius 3 is 3.00 bits per heavy atom. The highest BCUT2D eigenvalue weighted by atomic mass is 16.5. The van der Waals surface area contributed by atoms with Crippen molar-refractivity contribution in [2.45, 2.75) is 12.3 Å². The molecule has 2 N–H and O–H groups in total. The Kier molecular flexibility index (Phi) is 3.52. The summed E-state index contributed by atoms with van der Waals surface area (Å²) in [6.07, 6.45) is -0.104. The molecular formula is C11H12N4O3. The third-order valence-electron chi connectivity index (χ3n) is 2.55. The van der Waals surface area contributed by atoms with Crippen molar-refractivity contribution >= 4 is 5.97 Å². The van der Waals surface area contributed by atoms with Crippen molar-refractivity contribution in [3.05, 3.63) is 35.7 Å². The number of ether oxygens (including phenoxy) is 1. The van der Waals surface area contributed by atoms with Crippen molar-refractivity contribution in [1.29, 1.82) is 0 Å². The first kappa shape index (κ1) is 12.0. The molecule has 0 aliphatic heterocycles. The molecule has 1 atom stereocenters. The second-order valence-electron chi connectivity index (χ2n) is 3.70. The Bertz CT molecular complexity index is 527. The van der Waals surface area contributed by atoms with Gasteiger partial charge in [0.15, 0.2) is 5.82 Å². The van der Waals surface area contributed by atoms with Gasteiger partial charge in [-0.3, -0.25) is 4.79 Å². The van der Waals surface area contributed by atoms with Crippen LogP contribution < -0.4 is 4.74 Å². The number of hydrogen-bond donors (Lipinski definition) is 2. The van der Waals surface area contributed by atoms with Gasteiger partial charge in [0.25, 0.3) is 0 Å². The number of aromatic amines is 1. The number of rotatable bonds is 5. The van der Waals surface area contributed by atoms with Crippen LogP contribution in [0.25, 0.3) is 0 Å². The van der Waals surface area contributed by atoms with Crippen molar-refractivity contribution in [3.8, 4) is 5.75 Å². The predicted octanol–water partition coefficient (Wildman–Crippen LogP) is 0.815. The fourth-order valence-corrected chi connectivity index (χ4v) is 1.71. The van der Waals surface area contributed by atoms with E-state index in [1.165, 1.54) is 0 Å². The Morgan fingerprint density at radius 1 is 1.56 bits per heavy atom. The molecule has 1 heterocycles. The zero-order valence-electron chi connectivity index (χ0n) is 9.70. The Balaban J connectivity index is 2.36. The maximum absolute atomic E-state index is 10.9. The summed E-state index contributed by atoms with van der Waals surface area (Å²) in [6.45, 7) is 0. The van der Waals surface area contributed by atoms with Crippen LogP contribution in [0.2, 0.25) is 0 Å². The average Bonchev–Trinajstić information content (AvgIpc) is 2.89. The van der Waals surface area contributed by atoms with Gasteiger partial charge in [0, 0.05) is 0 Å². The first-order valence-corrected chi connectivity index (χ1v) is 5.30. The number of hydrogen-bond acceptors (Lipinski definition) is 5. The van der Waals surface area contributed by atoms with E-state index in [4.69, 9.17) is 9.84 Å². The highest BCUT2D eigenvalue weighted by molar-refractivity contribution is 5.68. The minimum absolute atomic E-state index is 0.104. The van der Waals surface area contributed by atoms with Gasteiger partial charge in [0.1, 0.15) is 5.75 Å². The molecule has 1 aromatic carbocycles. The molecule has 0 fully saturated rings. The van der Waals surface area contributed by atoms with Crippen LogP contribution in [0.3, 0.4) is 0 Å². The van der Waals surface area contributed by atoms with Crippen LogP contribution in [0.5, 0.6) is 5.75 Å². The van der Waals surface area contributed by atoms with Gasteiger partial charge in [-0.2, -0.15) is 5.21 Å². The zero-order valence-corrected chi connectivity index (χ0v) is 9.70. The molecule has 7 nitrogen and oxygen atoms in total. The largest absolute Gasteiger partial charge is 0.497 e. The van der Waals surface area contributed by atoms with E-state index in [-0.39, 0.29) is 6.42 Å². The lowest BCUT2D eigenvalue weighted by atomic mass is 9.95. The topological polar surface area (TPSA) is 101 Å². The highest BCUT2D eigenvalue weighted by Gasteiger charge is 2.22. The molecule has 7 heteroatoms. The molecule has 0 radical (unpaired) electrons. The molecule has 94 valence electrons. The van der Waals surface area contributed by atoms with E-state index in [2.05, 4.69) is 20.6 Å². The number of tetrazole rings is 1. The summed E-state index contributed by atoms with van der Waals surface area (Å²) in [4.78, 5) is 10.9. The molecule has 2 aromatic rings. The predicted molar refractivity (Wildman–Crippen MR) is 61.3 cm³/mol. The van der Waals surface area contributed by atoms with Gasteiger partial charge in [-0.1, -0.05) is 17.3 Å². The number of aliphatic carboxylic acids is 1. The van der Waals surface area contributed by atoms with Gasteiger partial charge in [0.2, 0.25) is 0 Å². The van der Waals surface area contributed by atoms with Crippen molar-refractivity contribution in [2.75, 3.05) is 7.11 Å². The lowest BCUT2D eigenvalue weighted by Gasteiger charge is -2.12. The molecular weight excluding hydrogens is 236 g/mol. The van der Waals surface area contributed by atoms with E-state index in [9.17, 15) is 4.79 Å². The molecule has 0 aliphatic rings. The summed E-state index contributed by atoms with van der Waals surface area (Å²) >= 11 is 0. The average molecular weight is 248 g/mol. The van der Waals surface area contributed by atoms with E-state index < -0.39 is 11.9 Å². The van der Waals surface area contributed by atoms with Crippen LogP contribution >= 0.6 is 0 Å². The maximum atomic E-state index is 10.9. The molecule has 1 aromatic heterocycles. The first-order valence-electron chi connectivity index (χ1n) is 5.30. The maximum Gasteiger partial charge on any atom is 0.304 e. The molecule has 0 bridgehead atoms. The molecule has 2 rings (SSSR count). The second kappa shape index (κ2) is 5.26. The SMILES string of the molecule is COc1cccc(C(CC(=O)O)c2nn[nH]n2)c1. The molecule has 0 saturated heterocycles. The highest BCUT2D eigenvalue weighted by Crippen LogP contribution is 2.27. The number of nitrogens with one attached hydrogen (secondary N) is 1. The third kappa shape index (κ3) is 2.62. The van der Waals surface area contributed by atoms with Crippen LogP contribution in [0.15, 0.2) is 24.3 Å². The minimum Gasteiger partial charge on any atom is -0.497 e. The van der Waals surface area contributed by atoms with Crippen LogP contribution in [0.4, 0.5) is 0 Å². The third-order valence-corrected chi connectivity index (χ3v) is 2.55. The summed E-state index contributed by atoms with van der Waals surface area (Å²) in [6, 6.07) is 7.16. The van der Waals surface area contributed by atoms with Crippen LogP contribution in [-0.2, 0) is 4.79 Å². The van der Waals surface area contributed by atoms with Crippen molar-refractivity contribution in [1.82, 2.24) is 20.6 Å². The molecule has 1 unspecified atom stereocenters. The van der Waals surface area contributed by atoms with Crippen molar-refractivity contribution in [3.63, 3.8) is 0 Å². The monoisotopic (exact) mass is 248 g/mol. The van der Waals surface area contributed by atoms with E-state index in [0.717, 1.165) is 5.56 Å². The lowest BCUT2D eigenvalue weighted by Crippen LogP contribution is -2.10. The number of carbonyl (C=O) groups is 1. The zero-order chi connectivity index (χ0) is 13.0. The number of carboxylic acid groups (broad SMARTS) is 1. The quantitative estimate of drug-likeness (QED) is 0.812. The van der Waals surface area contributed by atoms with Gasteiger partial charge in [-0.05, 0) is 17.7 Å². The molecule has 0 spiro atoms. The fourth-order valence-electron chi connectivity index (χ4n) is 1.71. The molecule has 0 saturated carbocycles. The fraction of sp³-hybridized carbons (Fsp3) is 0.273. The van der Waals surface area contributed by atoms with Gasteiger partial charge >= 0.3 is 5.97 Å². The standard InChI is InChI=1S/C11H12N4O3/c1-18-8-4-2-3-7(5-8)9(6-10(16)17)11-12-14-15-13-11/h2-5,9H,6H2,1H3,(H,16,17)(H,12,13,14,15). The normalized spacial score (nSPS) is 12.1.